The average molecular weight is 512 g/mol. The molecule has 0 unspecified atom stereocenters. The summed E-state index contributed by atoms with van der Waals surface area (Å²) in [5.74, 6) is 1.33. The molecule has 0 aliphatic carbocycles. The van der Waals surface area contributed by atoms with Crippen LogP contribution in [0.5, 0.6) is 0 Å². The summed E-state index contributed by atoms with van der Waals surface area (Å²) in [4.78, 5) is 22.8. The van der Waals surface area contributed by atoms with Gasteiger partial charge in [0.2, 0.25) is 0 Å². The molecule has 0 amide bonds. The van der Waals surface area contributed by atoms with Gasteiger partial charge in [-0.25, -0.2) is 19.9 Å². The van der Waals surface area contributed by atoms with Crippen LogP contribution >= 0.6 is 0 Å². The van der Waals surface area contributed by atoms with Crippen molar-refractivity contribution in [2.24, 2.45) is 0 Å². The van der Waals surface area contributed by atoms with Crippen LogP contribution in [-0.4, -0.2) is 24.9 Å². The van der Waals surface area contributed by atoms with Crippen LogP contribution in [0.15, 0.2) is 128 Å². The summed E-state index contributed by atoms with van der Waals surface area (Å²) in [5.41, 5.74) is 6.16. The lowest BCUT2D eigenvalue weighted by Crippen LogP contribution is -1.94. The minimum atomic E-state index is 0.666. The van der Waals surface area contributed by atoms with Crippen LogP contribution in [0.25, 0.3) is 77.5 Å². The molecule has 3 heterocycles. The van der Waals surface area contributed by atoms with E-state index in [1.54, 1.807) is 24.8 Å². The first kappa shape index (κ1) is 22.4. The van der Waals surface area contributed by atoms with E-state index in [1.807, 2.05) is 30.5 Å². The minimum absolute atomic E-state index is 0.666. The normalized spacial score (nSPS) is 11.5. The van der Waals surface area contributed by atoms with E-state index in [0.717, 1.165) is 33.5 Å². The number of benzene rings is 5. The molecule has 186 valence electrons. The summed E-state index contributed by atoms with van der Waals surface area (Å²) in [5, 5.41) is 7.34. The second-order valence-corrected chi connectivity index (χ2v) is 9.81. The van der Waals surface area contributed by atoms with Crippen molar-refractivity contribution in [3.8, 4) is 45.2 Å². The van der Waals surface area contributed by atoms with Crippen molar-refractivity contribution < 1.29 is 0 Å². The third-order valence-corrected chi connectivity index (χ3v) is 7.50. The first-order valence-electron chi connectivity index (χ1n) is 13.2. The second kappa shape index (κ2) is 9.03. The summed E-state index contributed by atoms with van der Waals surface area (Å²) >= 11 is 0. The Morgan fingerprint density at radius 1 is 0.375 bits per heavy atom. The van der Waals surface area contributed by atoms with Crippen molar-refractivity contribution in [2.75, 3.05) is 0 Å². The molecule has 5 heteroatoms. The van der Waals surface area contributed by atoms with Gasteiger partial charge in [0.15, 0.2) is 11.6 Å². The summed E-state index contributed by atoms with van der Waals surface area (Å²) < 4.78 is 0. The van der Waals surface area contributed by atoms with Gasteiger partial charge < -0.3 is 0 Å². The molecule has 5 nitrogen and oxygen atoms in total. The fourth-order valence-corrected chi connectivity index (χ4v) is 5.74. The van der Waals surface area contributed by atoms with Crippen molar-refractivity contribution in [1.29, 1.82) is 0 Å². The largest absolute Gasteiger partial charge is 0.256 e. The Hall–Kier alpha value is -5.55. The van der Waals surface area contributed by atoms with Crippen LogP contribution in [0.2, 0.25) is 0 Å². The van der Waals surface area contributed by atoms with Gasteiger partial charge in [0.25, 0.3) is 0 Å². The predicted octanol–water partition coefficient (Wildman–Crippen LogP) is 8.23. The number of rotatable bonds is 4. The van der Waals surface area contributed by atoms with E-state index in [2.05, 4.69) is 97.7 Å². The lowest BCUT2D eigenvalue weighted by Gasteiger charge is -2.17. The zero-order chi connectivity index (χ0) is 26.5. The van der Waals surface area contributed by atoms with E-state index in [1.165, 1.54) is 32.3 Å². The molecule has 0 atom stereocenters. The highest BCUT2D eigenvalue weighted by Gasteiger charge is 2.17. The maximum absolute atomic E-state index is 4.65. The molecular formula is C35H21N5. The molecule has 0 bridgehead atoms. The standard InChI is InChI=1S/C35H21N5/c1-2-14-36-31(5-1)28-11-7-23-8-12-29-27(10-6-22-9-13-30(28)33(23)32(22)29)24-19-25(34-37-15-3-16-38-34)21-26(20-24)35-39-17-4-18-40-35/h1-21H. The monoisotopic (exact) mass is 511 g/mol. The predicted molar refractivity (Wildman–Crippen MR) is 161 cm³/mol. The fraction of sp³-hybridized carbons (Fsp3) is 0. The van der Waals surface area contributed by atoms with Gasteiger partial charge in [-0.3, -0.25) is 4.98 Å². The number of pyridine rings is 1. The molecule has 0 saturated heterocycles. The fourth-order valence-electron chi connectivity index (χ4n) is 5.74. The van der Waals surface area contributed by atoms with Crippen molar-refractivity contribution >= 4 is 32.3 Å². The van der Waals surface area contributed by atoms with Gasteiger partial charge in [-0.2, -0.15) is 0 Å². The minimum Gasteiger partial charge on any atom is -0.256 e. The van der Waals surface area contributed by atoms with Gasteiger partial charge in [0.05, 0.1) is 5.69 Å². The van der Waals surface area contributed by atoms with Crippen LogP contribution < -0.4 is 0 Å². The van der Waals surface area contributed by atoms with Crippen molar-refractivity contribution in [3.05, 3.63) is 128 Å². The Morgan fingerprint density at radius 2 is 0.875 bits per heavy atom. The van der Waals surface area contributed by atoms with Gasteiger partial charge in [0.1, 0.15) is 0 Å². The molecule has 0 aliphatic rings. The molecule has 3 aromatic heterocycles. The lowest BCUT2D eigenvalue weighted by molar-refractivity contribution is 1.16. The summed E-state index contributed by atoms with van der Waals surface area (Å²) in [6.45, 7) is 0. The molecule has 5 aromatic carbocycles. The van der Waals surface area contributed by atoms with Gasteiger partial charge >= 0.3 is 0 Å². The van der Waals surface area contributed by atoms with Gasteiger partial charge in [-0.15, -0.1) is 0 Å². The smallest absolute Gasteiger partial charge is 0.159 e. The average Bonchev–Trinajstić information content (AvgIpc) is 3.04. The molecule has 0 spiro atoms. The highest BCUT2D eigenvalue weighted by atomic mass is 14.9. The third kappa shape index (κ3) is 3.60. The van der Waals surface area contributed by atoms with E-state index >= 15 is 0 Å². The molecule has 0 saturated carbocycles. The zero-order valence-corrected chi connectivity index (χ0v) is 21.4. The Labute approximate surface area is 230 Å². The molecule has 8 rings (SSSR count). The van der Waals surface area contributed by atoms with Crippen LogP contribution in [0, 0.1) is 0 Å². The first-order chi connectivity index (χ1) is 19.8. The quantitative estimate of drug-likeness (QED) is 0.223. The maximum atomic E-state index is 4.65. The van der Waals surface area contributed by atoms with Crippen LogP contribution in [0.4, 0.5) is 0 Å². The zero-order valence-electron chi connectivity index (χ0n) is 21.4. The highest BCUT2D eigenvalue weighted by molar-refractivity contribution is 6.27. The summed E-state index contributed by atoms with van der Waals surface area (Å²) in [6, 6.07) is 33.8. The first-order valence-corrected chi connectivity index (χ1v) is 13.2. The van der Waals surface area contributed by atoms with Gasteiger partial charge in [-0.1, -0.05) is 54.6 Å². The topological polar surface area (TPSA) is 64.5 Å². The SMILES string of the molecule is c1ccc(-c2ccc3ccc4c(-c5cc(-c6ncccn6)cc(-c6ncccn6)c5)ccc5ccc2c3c54)nc1. The van der Waals surface area contributed by atoms with E-state index in [9.17, 15) is 0 Å². The van der Waals surface area contributed by atoms with Crippen molar-refractivity contribution in [3.63, 3.8) is 0 Å². The van der Waals surface area contributed by atoms with Crippen molar-refractivity contribution in [1.82, 2.24) is 24.9 Å². The van der Waals surface area contributed by atoms with Crippen LogP contribution in [0.1, 0.15) is 0 Å². The van der Waals surface area contributed by atoms with Gasteiger partial charge in [-0.05, 0) is 85.9 Å². The number of nitrogens with zero attached hydrogens (tertiary/aromatic N) is 5. The molecule has 8 aromatic rings. The van der Waals surface area contributed by atoms with Crippen LogP contribution in [0.3, 0.4) is 0 Å². The molecular weight excluding hydrogens is 490 g/mol. The Morgan fingerprint density at radius 3 is 1.45 bits per heavy atom. The molecule has 0 N–H and O–H groups in total. The number of aromatic nitrogens is 5. The Kier molecular flexibility index (Phi) is 5.07. The summed E-state index contributed by atoms with van der Waals surface area (Å²) in [6.07, 6.45) is 8.92. The highest BCUT2D eigenvalue weighted by Crippen LogP contribution is 2.42. The van der Waals surface area contributed by atoms with E-state index < -0.39 is 0 Å². The third-order valence-electron chi connectivity index (χ3n) is 7.50. The number of hydrogen-bond acceptors (Lipinski definition) is 5. The maximum Gasteiger partial charge on any atom is 0.159 e. The molecule has 0 radical (unpaired) electrons. The van der Waals surface area contributed by atoms with Gasteiger partial charge in [0, 0.05) is 47.7 Å². The second-order valence-electron chi connectivity index (χ2n) is 9.81. The Bertz CT molecular complexity index is 2090. The van der Waals surface area contributed by atoms with Crippen molar-refractivity contribution in [2.45, 2.75) is 0 Å². The Balaban J connectivity index is 1.41. The number of hydrogen-bond donors (Lipinski definition) is 0. The molecule has 0 aliphatic heterocycles. The van der Waals surface area contributed by atoms with E-state index in [4.69, 9.17) is 0 Å². The van der Waals surface area contributed by atoms with E-state index in [-0.39, 0.29) is 0 Å². The molecule has 0 fully saturated rings. The lowest BCUT2D eigenvalue weighted by atomic mass is 9.87. The van der Waals surface area contributed by atoms with E-state index in [0.29, 0.717) is 11.6 Å². The summed E-state index contributed by atoms with van der Waals surface area (Å²) in [7, 11) is 0. The van der Waals surface area contributed by atoms with Crippen LogP contribution in [-0.2, 0) is 0 Å². The molecule has 40 heavy (non-hydrogen) atoms.